The smallest absolute Gasteiger partial charge is 0.359 e. The molecule has 3 N–H and O–H groups in total. The molecule has 1 aromatic heterocycles. The minimum atomic E-state index is -0.512. The number of carbonyl (C=O) groups is 1. The highest BCUT2D eigenvalue weighted by Crippen LogP contribution is 2.29. The van der Waals surface area contributed by atoms with Crippen LogP contribution in [0.15, 0.2) is 6.33 Å². The average Bonchev–Trinajstić information content (AvgIpc) is 3.12. The van der Waals surface area contributed by atoms with Crippen molar-refractivity contribution < 1.29 is 9.53 Å². The Morgan fingerprint density at radius 3 is 3.00 bits per heavy atom. The van der Waals surface area contributed by atoms with Crippen molar-refractivity contribution in [2.45, 2.75) is 19.8 Å². The number of ether oxygens (including phenoxy) is 1. The molecular formula is C11H16N4O2. The minimum absolute atomic E-state index is 0.125. The van der Waals surface area contributed by atoms with Gasteiger partial charge in [-0.1, -0.05) is 0 Å². The van der Waals surface area contributed by atoms with Crippen LogP contribution in [0, 0.1) is 5.92 Å². The van der Waals surface area contributed by atoms with E-state index in [1.54, 1.807) is 6.92 Å². The maximum atomic E-state index is 11.5. The Bertz CT molecular complexity index is 418. The van der Waals surface area contributed by atoms with Gasteiger partial charge in [0, 0.05) is 6.54 Å². The summed E-state index contributed by atoms with van der Waals surface area (Å²) in [7, 11) is 0. The molecule has 2 rings (SSSR count). The van der Waals surface area contributed by atoms with Crippen LogP contribution >= 0.6 is 0 Å². The van der Waals surface area contributed by atoms with Crippen molar-refractivity contribution in [2.24, 2.45) is 5.92 Å². The molecule has 0 bridgehead atoms. The van der Waals surface area contributed by atoms with E-state index in [0.29, 0.717) is 18.3 Å². The lowest BCUT2D eigenvalue weighted by atomic mass is 10.3. The molecule has 6 nitrogen and oxygen atoms in total. The van der Waals surface area contributed by atoms with Crippen molar-refractivity contribution in [3.63, 3.8) is 0 Å². The number of esters is 1. The zero-order valence-corrected chi connectivity index (χ0v) is 9.77. The van der Waals surface area contributed by atoms with Gasteiger partial charge in [0.05, 0.1) is 6.61 Å². The van der Waals surface area contributed by atoms with Crippen LogP contribution in [0.5, 0.6) is 0 Å². The fourth-order valence-electron chi connectivity index (χ4n) is 1.46. The number of nitrogens with two attached hydrogens (primary N) is 1. The molecule has 0 aromatic carbocycles. The van der Waals surface area contributed by atoms with Gasteiger partial charge in [0.2, 0.25) is 0 Å². The zero-order chi connectivity index (χ0) is 12.3. The molecule has 0 unspecified atom stereocenters. The molecule has 0 atom stereocenters. The second-order valence-corrected chi connectivity index (χ2v) is 4.03. The van der Waals surface area contributed by atoms with Crippen LogP contribution in [0.25, 0.3) is 0 Å². The first-order valence-corrected chi connectivity index (χ1v) is 5.73. The lowest BCUT2D eigenvalue weighted by Crippen LogP contribution is -2.14. The third-order valence-electron chi connectivity index (χ3n) is 2.61. The van der Waals surface area contributed by atoms with Gasteiger partial charge in [-0.25, -0.2) is 14.8 Å². The number of nitrogens with one attached hydrogen (secondary N) is 1. The van der Waals surface area contributed by atoms with Crippen LogP contribution < -0.4 is 11.1 Å². The summed E-state index contributed by atoms with van der Waals surface area (Å²) < 4.78 is 4.86. The Balaban J connectivity index is 2.10. The van der Waals surface area contributed by atoms with E-state index in [9.17, 15) is 4.79 Å². The SMILES string of the molecule is CCOC(=O)c1ncnc(NCC2CC2)c1N. The van der Waals surface area contributed by atoms with Crippen LogP contribution in [0.3, 0.4) is 0 Å². The van der Waals surface area contributed by atoms with Crippen molar-refractivity contribution in [3.05, 3.63) is 12.0 Å². The van der Waals surface area contributed by atoms with Gasteiger partial charge >= 0.3 is 5.97 Å². The fraction of sp³-hybridized carbons (Fsp3) is 0.545. The van der Waals surface area contributed by atoms with Gasteiger partial charge < -0.3 is 15.8 Å². The first-order chi connectivity index (χ1) is 8.22. The summed E-state index contributed by atoms with van der Waals surface area (Å²) in [4.78, 5) is 19.4. The first kappa shape index (κ1) is 11.6. The van der Waals surface area contributed by atoms with E-state index in [0.717, 1.165) is 6.54 Å². The standard InChI is InChI=1S/C11H16N4O2/c1-2-17-11(16)9-8(12)10(15-6-14-9)13-5-7-3-4-7/h6-7H,2-5,12H2,1H3,(H,13,14,15). The van der Waals surface area contributed by atoms with Crippen LogP contribution in [0.1, 0.15) is 30.3 Å². The van der Waals surface area contributed by atoms with Crippen molar-refractivity contribution in [2.75, 3.05) is 24.2 Å². The van der Waals surface area contributed by atoms with Crippen molar-refractivity contribution in [3.8, 4) is 0 Å². The second-order valence-electron chi connectivity index (χ2n) is 4.03. The molecule has 1 aliphatic carbocycles. The molecule has 0 saturated heterocycles. The van der Waals surface area contributed by atoms with E-state index < -0.39 is 5.97 Å². The first-order valence-electron chi connectivity index (χ1n) is 5.73. The number of hydrogen-bond donors (Lipinski definition) is 2. The Kier molecular flexibility index (Phi) is 3.41. The number of hydrogen-bond acceptors (Lipinski definition) is 6. The Morgan fingerprint density at radius 1 is 1.59 bits per heavy atom. The highest BCUT2D eigenvalue weighted by Gasteiger charge is 2.22. The van der Waals surface area contributed by atoms with Crippen LogP contribution in [0.2, 0.25) is 0 Å². The largest absolute Gasteiger partial charge is 0.461 e. The molecular weight excluding hydrogens is 220 g/mol. The van der Waals surface area contributed by atoms with E-state index >= 15 is 0 Å². The molecule has 92 valence electrons. The van der Waals surface area contributed by atoms with Crippen molar-refractivity contribution in [1.29, 1.82) is 0 Å². The summed E-state index contributed by atoms with van der Waals surface area (Å²) in [6, 6.07) is 0. The monoisotopic (exact) mass is 236 g/mol. The highest BCUT2D eigenvalue weighted by atomic mass is 16.5. The molecule has 0 radical (unpaired) electrons. The lowest BCUT2D eigenvalue weighted by molar-refractivity contribution is 0.0520. The van der Waals surface area contributed by atoms with Gasteiger partial charge in [-0.15, -0.1) is 0 Å². The van der Waals surface area contributed by atoms with Crippen molar-refractivity contribution in [1.82, 2.24) is 9.97 Å². The van der Waals surface area contributed by atoms with Gasteiger partial charge in [0.25, 0.3) is 0 Å². The van der Waals surface area contributed by atoms with Crippen LogP contribution in [-0.4, -0.2) is 29.1 Å². The predicted molar refractivity (Wildman–Crippen MR) is 63.6 cm³/mol. The molecule has 6 heteroatoms. The Labute approximate surface area is 99.6 Å². The highest BCUT2D eigenvalue weighted by molar-refractivity contribution is 5.95. The molecule has 1 saturated carbocycles. The molecule has 0 amide bonds. The Morgan fingerprint density at radius 2 is 2.35 bits per heavy atom. The van der Waals surface area contributed by atoms with Crippen LogP contribution in [0.4, 0.5) is 11.5 Å². The number of rotatable bonds is 5. The molecule has 17 heavy (non-hydrogen) atoms. The van der Waals surface area contributed by atoms with E-state index in [1.165, 1.54) is 19.2 Å². The third kappa shape index (κ3) is 2.83. The van der Waals surface area contributed by atoms with Gasteiger partial charge in [0.1, 0.15) is 12.0 Å². The summed E-state index contributed by atoms with van der Waals surface area (Å²) in [5.41, 5.74) is 6.21. The molecule has 1 aromatic rings. The quantitative estimate of drug-likeness (QED) is 0.743. The van der Waals surface area contributed by atoms with Crippen LogP contribution in [-0.2, 0) is 4.74 Å². The normalized spacial score (nSPS) is 14.4. The van der Waals surface area contributed by atoms with E-state index in [1.807, 2.05) is 0 Å². The average molecular weight is 236 g/mol. The predicted octanol–water partition coefficient (Wildman–Crippen LogP) is 1.06. The minimum Gasteiger partial charge on any atom is -0.461 e. The summed E-state index contributed by atoms with van der Waals surface area (Å²) in [5, 5.41) is 3.13. The third-order valence-corrected chi connectivity index (χ3v) is 2.61. The zero-order valence-electron chi connectivity index (χ0n) is 9.77. The number of carbonyl (C=O) groups excluding carboxylic acids is 1. The van der Waals surface area contributed by atoms with Gasteiger partial charge in [-0.3, -0.25) is 0 Å². The molecule has 0 spiro atoms. The molecule has 1 fully saturated rings. The summed E-state index contributed by atoms with van der Waals surface area (Å²) in [6.07, 6.45) is 3.79. The van der Waals surface area contributed by atoms with E-state index in [-0.39, 0.29) is 11.4 Å². The fourth-order valence-corrected chi connectivity index (χ4v) is 1.46. The summed E-state index contributed by atoms with van der Waals surface area (Å²) >= 11 is 0. The number of nitrogen functional groups attached to an aromatic ring is 1. The molecule has 1 heterocycles. The molecule has 0 aliphatic heterocycles. The summed E-state index contributed by atoms with van der Waals surface area (Å²) in [6.45, 7) is 2.87. The summed E-state index contributed by atoms with van der Waals surface area (Å²) in [5.74, 6) is 0.701. The second kappa shape index (κ2) is 4.99. The topological polar surface area (TPSA) is 90.1 Å². The molecule has 1 aliphatic rings. The van der Waals surface area contributed by atoms with E-state index in [2.05, 4.69) is 15.3 Å². The van der Waals surface area contributed by atoms with Gasteiger partial charge in [-0.05, 0) is 25.7 Å². The number of aromatic nitrogens is 2. The maximum absolute atomic E-state index is 11.5. The number of nitrogens with zero attached hydrogens (tertiary/aromatic N) is 2. The maximum Gasteiger partial charge on any atom is 0.359 e. The number of anilines is 2. The Hall–Kier alpha value is -1.85. The van der Waals surface area contributed by atoms with Gasteiger partial charge in [0.15, 0.2) is 11.5 Å². The lowest BCUT2D eigenvalue weighted by Gasteiger charge is -2.09. The van der Waals surface area contributed by atoms with Gasteiger partial charge in [-0.2, -0.15) is 0 Å². The van der Waals surface area contributed by atoms with E-state index in [4.69, 9.17) is 10.5 Å². The van der Waals surface area contributed by atoms with Crippen molar-refractivity contribution >= 4 is 17.5 Å².